The number of nitrogens with zero attached hydrogens (tertiary/aromatic N) is 2. The van der Waals surface area contributed by atoms with Gasteiger partial charge in [0.25, 0.3) is 0 Å². The molecule has 2 aromatic rings. The molecule has 5 heteroatoms. The summed E-state index contributed by atoms with van der Waals surface area (Å²) < 4.78 is 0. The lowest BCUT2D eigenvalue weighted by atomic mass is 9.80. The molecular formula is C15H13N3O2. The molecule has 0 unspecified atom stereocenters. The number of pyridine rings is 2. The number of anilines is 1. The Bertz CT molecular complexity index is 729. The van der Waals surface area contributed by atoms with Crippen molar-refractivity contribution in [1.29, 1.82) is 0 Å². The maximum absolute atomic E-state index is 11.0. The summed E-state index contributed by atoms with van der Waals surface area (Å²) in [4.78, 5) is 19.8. The Balaban J connectivity index is 1.77. The van der Waals surface area contributed by atoms with E-state index in [0.29, 0.717) is 0 Å². The van der Waals surface area contributed by atoms with Crippen molar-refractivity contribution < 1.29 is 9.90 Å². The SMILES string of the molecule is O=C(O)c1cnc2c(c1)C[C@]1(CNc3ncccc31)C2. The number of hydrogen-bond donors (Lipinski definition) is 2. The topological polar surface area (TPSA) is 75.1 Å². The number of rotatable bonds is 1. The lowest BCUT2D eigenvalue weighted by molar-refractivity contribution is 0.0696. The van der Waals surface area contributed by atoms with Gasteiger partial charge < -0.3 is 10.4 Å². The van der Waals surface area contributed by atoms with Crippen molar-refractivity contribution in [3.63, 3.8) is 0 Å². The first-order valence-electron chi connectivity index (χ1n) is 6.58. The van der Waals surface area contributed by atoms with E-state index in [1.165, 1.54) is 11.8 Å². The smallest absolute Gasteiger partial charge is 0.337 e. The first kappa shape index (κ1) is 11.4. The molecule has 0 fully saturated rings. The fraction of sp³-hybridized carbons (Fsp3) is 0.267. The molecule has 0 radical (unpaired) electrons. The predicted octanol–water partition coefficient (Wildman–Crippen LogP) is 1.64. The molecule has 1 aliphatic carbocycles. The number of aromatic carboxylic acids is 1. The van der Waals surface area contributed by atoms with Crippen LogP contribution in [0.4, 0.5) is 5.82 Å². The number of aromatic nitrogens is 2. The van der Waals surface area contributed by atoms with Crippen molar-refractivity contribution in [1.82, 2.24) is 9.97 Å². The van der Waals surface area contributed by atoms with Crippen molar-refractivity contribution in [3.8, 4) is 0 Å². The number of carboxylic acids is 1. The van der Waals surface area contributed by atoms with E-state index in [-0.39, 0.29) is 11.0 Å². The van der Waals surface area contributed by atoms with Crippen LogP contribution in [0.2, 0.25) is 0 Å². The van der Waals surface area contributed by atoms with Gasteiger partial charge in [0.15, 0.2) is 0 Å². The Hall–Kier alpha value is -2.43. The number of nitrogens with one attached hydrogen (secondary N) is 1. The molecule has 1 atom stereocenters. The summed E-state index contributed by atoms with van der Waals surface area (Å²) in [5.74, 6) is 0.0200. The second kappa shape index (κ2) is 3.79. The molecule has 3 heterocycles. The Morgan fingerprint density at radius 1 is 1.35 bits per heavy atom. The van der Waals surface area contributed by atoms with Gasteiger partial charge in [0.1, 0.15) is 5.82 Å². The van der Waals surface area contributed by atoms with Gasteiger partial charge in [-0.1, -0.05) is 6.07 Å². The quantitative estimate of drug-likeness (QED) is 0.821. The summed E-state index contributed by atoms with van der Waals surface area (Å²) in [6.45, 7) is 0.831. The summed E-state index contributed by atoms with van der Waals surface area (Å²) >= 11 is 0. The highest BCUT2D eigenvalue weighted by molar-refractivity contribution is 5.87. The third-order valence-electron chi connectivity index (χ3n) is 4.31. The summed E-state index contributed by atoms with van der Waals surface area (Å²) in [5.41, 5.74) is 3.51. The Morgan fingerprint density at radius 3 is 3.10 bits per heavy atom. The van der Waals surface area contributed by atoms with Gasteiger partial charge in [-0.3, -0.25) is 4.98 Å². The Labute approximate surface area is 115 Å². The molecule has 0 saturated carbocycles. The van der Waals surface area contributed by atoms with E-state index in [2.05, 4.69) is 21.4 Å². The normalized spacial score (nSPS) is 22.4. The van der Waals surface area contributed by atoms with Crippen LogP contribution in [0.1, 0.15) is 27.2 Å². The zero-order chi connectivity index (χ0) is 13.7. The largest absolute Gasteiger partial charge is 0.478 e. The van der Waals surface area contributed by atoms with Crippen LogP contribution in [-0.2, 0) is 18.3 Å². The van der Waals surface area contributed by atoms with E-state index in [0.717, 1.165) is 36.5 Å². The molecule has 0 bridgehead atoms. The number of hydrogen-bond acceptors (Lipinski definition) is 4. The molecule has 20 heavy (non-hydrogen) atoms. The highest BCUT2D eigenvalue weighted by Gasteiger charge is 2.44. The summed E-state index contributed by atoms with van der Waals surface area (Å²) in [6.07, 6.45) is 4.90. The van der Waals surface area contributed by atoms with Crippen molar-refractivity contribution >= 4 is 11.8 Å². The molecular weight excluding hydrogens is 254 g/mol. The van der Waals surface area contributed by atoms with E-state index in [1.54, 1.807) is 12.3 Å². The minimum Gasteiger partial charge on any atom is -0.478 e. The monoisotopic (exact) mass is 267 g/mol. The average molecular weight is 267 g/mol. The van der Waals surface area contributed by atoms with Crippen LogP contribution in [0.25, 0.3) is 0 Å². The standard InChI is InChI=1S/C15H13N3O2/c19-14(20)10-4-9-5-15(6-12(9)17-7-10)8-18-13-11(15)2-1-3-16-13/h1-4,7H,5-6,8H2,(H,16,18)(H,19,20)/t15-/m1/s1. The molecule has 1 spiro atoms. The maximum Gasteiger partial charge on any atom is 0.337 e. The van der Waals surface area contributed by atoms with Gasteiger partial charge in [0.2, 0.25) is 0 Å². The fourth-order valence-corrected chi connectivity index (χ4v) is 3.35. The lowest BCUT2D eigenvalue weighted by Gasteiger charge is -2.21. The molecule has 2 aromatic heterocycles. The van der Waals surface area contributed by atoms with Crippen LogP contribution < -0.4 is 5.32 Å². The molecule has 1 aliphatic heterocycles. The van der Waals surface area contributed by atoms with Crippen molar-refractivity contribution in [2.45, 2.75) is 18.3 Å². The molecule has 0 amide bonds. The summed E-state index contributed by atoms with van der Waals surface area (Å²) in [7, 11) is 0. The van der Waals surface area contributed by atoms with E-state index in [9.17, 15) is 4.79 Å². The molecule has 5 nitrogen and oxygen atoms in total. The third-order valence-corrected chi connectivity index (χ3v) is 4.31. The second-order valence-corrected chi connectivity index (χ2v) is 5.52. The molecule has 2 N–H and O–H groups in total. The van der Waals surface area contributed by atoms with Gasteiger partial charge in [-0.25, -0.2) is 9.78 Å². The van der Waals surface area contributed by atoms with Crippen LogP contribution in [0.15, 0.2) is 30.6 Å². The zero-order valence-electron chi connectivity index (χ0n) is 10.8. The summed E-state index contributed by atoms with van der Waals surface area (Å²) in [5, 5.41) is 12.4. The molecule has 0 saturated heterocycles. The minimum atomic E-state index is -0.923. The van der Waals surface area contributed by atoms with Crippen LogP contribution >= 0.6 is 0 Å². The number of fused-ring (bicyclic) bond motifs is 3. The van der Waals surface area contributed by atoms with Gasteiger partial charge in [0, 0.05) is 42.0 Å². The van der Waals surface area contributed by atoms with Gasteiger partial charge in [-0.2, -0.15) is 0 Å². The van der Waals surface area contributed by atoms with Crippen LogP contribution in [0.5, 0.6) is 0 Å². The van der Waals surface area contributed by atoms with Crippen LogP contribution in [-0.4, -0.2) is 27.6 Å². The highest BCUT2D eigenvalue weighted by Crippen LogP contribution is 2.45. The first-order chi connectivity index (χ1) is 9.68. The van der Waals surface area contributed by atoms with Gasteiger partial charge >= 0.3 is 5.97 Å². The summed E-state index contributed by atoms with van der Waals surface area (Å²) in [6, 6.07) is 5.81. The van der Waals surface area contributed by atoms with Gasteiger partial charge in [0.05, 0.1) is 5.56 Å². The Kier molecular flexibility index (Phi) is 2.16. The van der Waals surface area contributed by atoms with E-state index in [1.807, 2.05) is 6.07 Å². The lowest BCUT2D eigenvalue weighted by Crippen LogP contribution is -2.29. The zero-order valence-corrected chi connectivity index (χ0v) is 10.8. The van der Waals surface area contributed by atoms with Crippen molar-refractivity contribution in [3.05, 3.63) is 53.0 Å². The van der Waals surface area contributed by atoms with Crippen LogP contribution in [0.3, 0.4) is 0 Å². The predicted molar refractivity (Wildman–Crippen MR) is 73.0 cm³/mol. The van der Waals surface area contributed by atoms with E-state index >= 15 is 0 Å². The molecule has 2 aliphatic rings. The molecule has 100 valence electrons. The van der Waals surface area contributed by atoms with E-state index in [4.69, 9.17) is 5.11 Å². The third kappa shape index (κ3) is 1.46. The maximum atomic E-state index is 11.0. The van der Waals surface area contributed by atoms with Gasteiger partial charge in [-0.15, -0.1) is 0 Å². The van der Waals surface area contributed by atoms with Crippen LogP contribution in [0, 0.1) is 0 Å². The molecule has 0 aromatic carbocycles. The average Bonchev–Trinajstić information content (AvgIpc) is 3.00. The highest BCUT2D eigenvalue weighted by atomic mass is 16.4. The number of carboxylic acid groups (broad SMARTS) is 1. The van der Waals surface area contributed by atoms with Crippen molar-refractivity contribution in [2.24, 2.45) is 0 Å². The Morgan fingerprint density at radius 2 is 2.25 bits per heavy atom. The van der Waals surface area contributed by atoms with E-state index < -0.39 is 5.97 Å². The first-order valence-corrected chi connectivity index (χ1v) is 6.58. The minimum absolute atomic E-state index is 0.0178. The van der Waals surface area contributed by atoms with Crippen molar-refractivity contribution in [2.75, 3.05) is 11.9 Å². The number of carbonyl (C=O) groups is 1. The second-order valence-electron chi connectivity index (χ2n) is 5.52. The molecule has 4 rings (SSSR count). The fourth-order valence-electron chi connectivity index (χ4n) is 3.35. The van der Waals surface area contributed by atoms with Gasteiger partial charge in [-0.05, 0) is 24.1 Å².